The minimum atomic E-state index is -0.206. The summed E-state index contributed by atoms with van der Waals surface area (Å²) in [6.07, 6.45) is 2.21. The first-order valence-corrected chi connectivity index (χ1v) is 7.10. The standard InChI is InChI=1S/C16H23NO2/c1-4-19-16(18)12(3)17-14-9-13(10-14)15-8-6-5-7-11(15)2/h5-8,12-14,17H,4,9-10H2,1-3H3. The molecule has 0 radical (unpaired) electrons. The molecule has 1 aromatic rings. The highest BCUT2D eigenvalue weighted by atomic mass is 16.5. The van der Waals surface area contributed by atoms with Crippen LogP contribution in [0.25, 0.3) is 0 Å². The Labute approximate surface area is 115 Å². The molecule has 1 aromatic carbocycles. The third kappa shape index (κ3) is 3.35. The number of nitrogens with one attached hydrogen (secondary N) is 1. The van der Waals surface area contributed by atoms with E-state index in [-0.39, 0.29) is 12.0 Å². The molecule has 0 amide bonds. The van der Waals surface area contributed by atoms with Crippen LogP contribution in [-0.4, -0.2) is 24.7 Å². The summed E-state index contributed by atoms with van der Waals surface area (Å²) in [6, 6.07) is 8.79. The van der Waals surface area contributed by atoms with Gasteiger partial charge in [-0.3, -0.25) is 4.79 Å². The van der Waals surface area contributed by atoms with Crippen LogP contribution in [-0.2, 0) is 9.53 Å². The van der Waals surface area contributed by atoms with Gasteiger partial charge in [0, 0.05) is 6.04 Å². The first kappa shape index (κ1) is 14.1. The summed E-state index contributed by atoms with van der Waals surface area (Å²) < 4.78 is 5.00. The van der Waals surface area contributed by atoms with E-state index >= 15 is 0 Å². The summed E-state index contributed by atoms with van der Waals surface area (Å²) >= 11 is 0. The van der Waals surface area contributed by atoms with Gasteiger partial charge in [0.1, 0.15) is 6.04 Å². The Morgan fingerprint density at radius 2 is 2.11 bits per heavy atom. The first-order chi connectivity index (χ1) is 9.11. The van der Waals surface area contributed by atoms with E-state index in [2.05, 4.69) is 36.5 Å². The summed E-state index contributed by atoms with van der Waals surface area (Å²) in [5.41, 5.74) is 2.81. The lowest BCUT2D eigenvalue weighted by atomic mass is 9.74. The molecular weight excluding hydrogens is 238 g/mol. The second kappa shape index (κ2) is 6.20. The summed E-state index contributed by atoms with van der Waals surface area (Å²) in [5.74, 6) is 0.481. The lowest BCUT2D eigenvalue weighted by molar-refractivity contribution is -0.145. The van der Waals surface area contributed by atoms with Crippen LogP contribution in [0, 0.1) is 6.92 Å². The predicted octanol–water partition coefficient (Wildman–Crippen LogP) is 2.78. The highest BCUT2D eigenvalue weighted by Gasteiger charge is 2.32. The third-order valence-electron chi connectivity index (χ3n) is 3.89. The molecule has 1 fully saturated rings. The van der Waals surface area contributed by atoms with Crippen molar-refractivity contribution in [1.29, 1.82) is 0 Å². The first-order valence-electron chi connectivity index (χ1n) is 7.10. The van der Waals surface area contributed by atoms with Crippen LogP contribution in [0.3, 0.4) is 0 Å². The van der Waals surface area contributed by atoms with Crippen molar-refractivity contribution in [3.63, 3.8) is 0 Å². The Hall–Kier alpha value is -1.35. The van der Waals surface area contributed by atoms with Crippen LogP contribution < -0.4 is 5.32 Å². The van der Waals surface area contributed by atoms with E-state index in [4.69, 9.17) is 4.74 Å². The molecule has 0 aromatic heterocycles. The van der Waals surface area contributed by atoms with Gasteiger partial charge in [0.2, 0.25) is 0 Å². The van der Waals surface area contributed by atoms with Crippen LogP contribution in [0.2, 0.25) is 0 Å². The van der Waals surface area contributed by atoms with E-state index < -0.39 is 0 Å². The molecule has 0 heterocycles. The average molecular weight is 261 g/mol. The highest BCUT2D eigenvalue weighted by Crippen LogP contribution is 2.38. The van der Waals surface area contributed by atoms with Crippen molar-refractivity contribution in [2.24, 2.45) is 0 Å². The van der Waals surface area contributed by atoms with Gasteiger partial charge in [0.05, 0.1) is 6.61 Å². The van der Waals surface area contributed by atoms with Crippen LogP contribution in [0.5, 0.6) is 0 Å². The van der Waals surface area contributed by atoms with Crippen molar-refractivity contribution in [1.82, 2.24) is 5.32 Å². The molecule has 104 valence electrons. The fourth-order valence-corrected chi connectivity index (χ4v) is 2.74. The fourth-order valence-electron chi connectivity index (χ4n) is 2.74. The van der Waals surface area contributed by atoms with Crippen molar-refractivity contribution in [2.45, 2.75) is 51.6 Å². The SMILES string of the molecule is CCOC(=O)C(C)NC1CC(c2ccccc2C)C1. The number of ether oxygens (including phenoxy) is 1. The van der Waals surface area contributed by atoms with Crippen molar-refractivity contribution in [3.05, 3.63) is 35.4 Å². The number of benzene rings is 1. The molecule has 1 saturated carbocycles. The maximum absolute atomic E-state index is 11.5. The molecule has 19 heavy (non-hydrogen) atoms. The largest absolute Gasteiger partial charge is 0.465 e. The number of aryl methyl sites for hydroxylation is 1. The van der Waals surface area contributed by atoms with Gasteiger partial charge in [0.15, 0.2) is 0 Å². The van der Waals surface area contributed by atoms with Gasteiger partial charge in [-0.1, -0.05) is 24.3 Å². The van der Waals surface area contributed by atoms with E-state index in [1.165, 1.54) is 11.1 Å². The fraction of sp³-hybridized carbons (Fsp3) is 0.562. The van der Waals surface area contributed by atoms with Gasteiger partial charge in [0.25, 0.3) is 0 Å². The lowest BCUT2D eigenvalue weighted by Crippen LogP contribution is -2.48. The molecule has 0 bridgehead atoms. The Bertz CT molecular complexity index is 438. The third-order valence-corrected chi connectivity index (χ3v) is 3.89. The van der Waals surface area contributed by atoms with Crippen LogP contribution in [0.4, 0.5) is 0 Å². The molecule has 0 saturated heterocycles. The molecule has 1 atom stereocenters. The van der Waals surface area contributed by atoms with Crippen LogP contribution in [0.1, 0.15) is 43.7 Å². The van der Waals surface area contributed by atoms with Gasteiger partial charge < -0.3 is 10.1 Å². The number of rotatable bonds is 5. The minimum absolute atomic E-state index is 0.151. The Balaban J connectivity index is 1.81. The average Bonchev–Trinajstić information content (AvgIpc) is 2.34. The molecule has 1 aliphatic carbocycles. The van der Waals surface area contributed by atoms with Crippen molar-refractivity contribution in [2.75, 3.05) is 6.61 Å². The van der Waals surface area contributed by atoms with E-state index in [1.54, 1.807) is 0 Å². The number of hydrogen-bond donors (Lipinski definition) is 1. The van der Waals surface area contributed by atoms with Gasteiger partial charge in [-0.25, -0.2) is 0 Å². The van der Waals surface area contributed by atoms with E-state index in [0.29, 0.717) is 18.6 Å². The Morgan fingerprint density at radius 3 is 2.74 bits per heavy atom. The lowest BCUT2D eigenvalue weighted by Gasteiger charge is -2.38. The topological polar surface area (TPSA) is 38.3 Å². The normalized spacial score (nSPS) is 23.5. The molecule has 3 nitrogen and oxygen atoms in total. The maximum Gasteiger partial charge on any atom is 0.322 e. The maximum atomic E-state index is 11.5. The van der Waals surface area contributed by atoms with E-state index in [0.717, 1.165) is 12.8 Å². The monoisotopic (exact) mass is 261 g/mol. The zero-order valence-electron chi connectivity index (χ0n) is 12.0. The quantitative estimate of drug-likeness (QED) is 0.828. The minimum Gasteiger partial charge on any atom is -0.465 e. The highest BCUT2D eigenvalue weighted by molar-refractivity contribution is 5.75. The zero-order chi connectivity index (χ0) is 13.8. The summed E-state index contributed by atoms with van der Waals surface area (Å²) in [5, 5.41) is 3.35. The van der Waals surface area contributed by atoms with Gasteiger partial charge in [-0.2, -0.15) is 0 Å². The van der Waals surface area contributed by atoms with Crippen molar-refractivity contribution < 1.29 is 9.53 Å². The Morgan fingerprint density at radius 1 is 1.42 bits per heavy atom. The molecular formula is C16H23NO2. The van der Waals surface area contributed by atoms with Crippen LogP contribution >= 0.6 is 0 Å². The number of carbonyl (C=O) groups excluding carboxylic acids is 1. The molecule has 0 aliphatic heterocycles. The number of hydrogen-bond acceptors (Lipinski definition) is 3. The zero-order valence-corrected chi connectivity index (χ0v) is 12.0. The molecule has 2 rings (SSSR count). The smallest absolute Gasteiger partial charge is 0.322 e. The van der Waals surface area contributed by atoms with Gasteiger partial charge in [-0.05, 0) is 50.7 Å². The molecule has 3 heteroatoms. The number of esters is 1. The summed E-state index contributed by atoms with van der Waals surface area (Å²) in [6.45, 7) is 6.32. The molecule has 1 N–H and O–H groups in total. The van der Waals surface area contributed by atoms with Crippen LogP contribution in [0.15, 0.2) is 24.3 Å². The van der Waals surface area contributed by atoms with Crippen molar-refractivity contribution >= 4 is 5.97 Å². The van der Waals surface area contributed by atoms with Gasteiger partial charge in [-0.15, -0.1) is 0 Å². The van der Waals surface area contributed by atoms with Gasteiger partial charge >= 0.3 is 5.97 Å². The predicted molar refractivity (Wildman–Crippen MR) is 76.2 cm³/mol. The number of carbonyl (C=O) groups is 1. The molecule has 0 spiro atoms. The summed E-state index contributed by atoms with van der Waals surface area (Å²) in [7, 11) is 0. The van der Waals surface area contributed by atoms with E-state index in [9.17, 15) is 4.79 Å². The van der Waals surface area contributed by atoms with E-state index in [1.807, 2.05) is 13.8 Å². The van der Waals surface area contributed by atoms with Crippen molar-refractivity contribution in [3.8, 4) is 0 Å². The molecule has 1 aliphatic rings. The second-order valence-electron chi connectivity index (χ2n) is 5.36. The summed E-state index contributed by atoms with van der Waals surface area (Å²) in [4.78, 5) is 11.5. The second-order valence-corrected chi connectivity index (χ2v) is 5.36. The Kier molecular flexibility index (Phi) is 4.59. The molecule has 1 unspecified atom stereocenters.